The Morgan fingerprint density at radius 1 is 0.929 bits per heavy atom. The van der Waals surface area contributed by atoms with Gasteiger partial charge in [0.2, 0.25) is 11.8 Å². The predicted octanol–water partition coefficient (Wildman–Crippen LogP) is 4.00. The van der Waals surface area contributed by atoms with E-state index in [1.54, 1.807) is 24.3 Å². The number of benzene rings is 3. The molecule has 0 bridgehead atoms. The number of hydrogen-bond donors (Lipinski definition) is 1. The van der Waals surface area contributed by atoms with Gasteiger partial charge in [-0.25, -0.2) is 8.70 Å². The summed E-state index contributed by atoms with van der Waals surface area (Å²) in [6.07, 6.45) is 0.165. The lowest BCUT2D eigenvalue weighted by Crippen LogP contribution is -2.56. The maximum atomic E-state index is 14.9. The van der Waals surface area contributed by atoms with Gasteiger partial charge in [-0.05, 0) is 56.2 Å². The second kappa shape index (κ2) is 13.8. The van der Waals surface area contributed by atoms with Crippen LogP contribution in [0.5, 0.6) is 5.75 Å². The molecule has 226 valence electrons. The molecule has 0 fully saturated rings. The summed E-state index contributed by atoms with van der Waals surface area (Å²) in [6, 6.07) is 20.6. The highest BCUT2D eigenvalue weighted by Gasteiger charge is 2.36. The second-order valence-corrected chi connectivity index (χ2v) is 13.1. The third kappa shape index (κ3) is 8.53. The third-order valence-electron chi connectivity index (χ3n) is 6.40. The fourth-order valence-corrected chi connectivity index (χ4v) is 5.39. The number of carbonyl (C=O) groups is 2. The van der Waals surface area contributed by atoms with Crippen LogP contribution >= 0.6 is 0 Å². The van der Waals surface area contributed by atoms with Gasteiger partial charge < -0.3 is 15.0 Å². The summed E-state index contributed by atoms with van der Waals surface area (Å²) < 4.78 is 48.7. The molecule has 0 heterocycles. The largest absolute Gasteiger partial charge is 0.497 e. The topological polar surface area (TPSA) is 99.3 Å². The highest BCUT2D eigenvalue weighted by molar-refractivity contribution is 7.90. The van der Waals surface area contributed by atoms with Gasteiger partial charge in [0.15, 0.2) is 0 Å². The lowest BCUT2D eigenvalue weighted by molar-refractivity contribution is -0.140. The van der Waals surface area contributed by atoms with Gasteiger partial charge in [-0.3, -0.25) is 9.59 Å². The first kappa shape index (κ1) is 32.6. The van der Waals surface area contributed by atoms with E-state index in [4.69, 9.17) is 4.74 Å². The molecule has 0 unspecified atom stereocenters. The summed E-state index contributed by atoms with van der Waals surface area (Å²) in [6.45, 7) is 4.74. The molecule has 0 aliphatic carbocycles. The standard InChI is InChI=1S/C31H39FN4O5S/c1-31(2,3)33-30(38)28(20-23-13-8-7-9-14-23)35(21-24-15-12-16-25(19-24)41-6)29(37)22-36(42(39,40)34(4)5)27-18-11-10-17-26(27)32/h7-19,28H,20-22H2,1-6H3,(H,33,38)/t28-/m0/s1. The molecule has 3 rings (SSSR count). The molecule has 0 spiro atoms. The number of methoxy groups -OCH3 is 1. The molecule has 1 atom stereocenters. The van der Waals surface area contributed by atoms with E-state index in [1.165, 1.54) is 44.3 Å². The first-order valence-electron chi connectivity index (χ1n) is 13.5. The SMILES string of the molecule is COc1cccc(CN(C(=O)CN(c2ccccc2F)S(=O)(=O)N(C)C)[C@@H](Cc2ccccc2)C(=O)NC(C)(C)C)c1. The summed E-state index contributed by atoms with van der Waals surface area (Å²) in [7, 11) is -0.174. The smallest absolute Gasteiger partial charge is 0.304 e. The molecule has 3 aromatic rings. The van der Waals surface area contributed by atoms with Crippen molar-refractivity contribution >= 4 is 27.7 Å². The second-order valence-electron chi connectivity index (χ2n) is 11.1. The van der Waals surface area contributed by atoms with Crippen molar-refractivity contribution < 1.29 is 27.1 Å². The molecule has 0 aliphatic heterocycles. The van der Waals surface area contributed by atoms with Crippen LogP contribution < -0.4 is 14.4 Å². The first-order chi connectivity index (χ1) is 19.7. The monoisotopic (exact) mass is 598 g/mol. The van der Waals surface area contributed by atoms with Gasteiger partial charge in [0.1, 0.15) is 24.2 Å². The van der Waals surface area contributed by atoms with Gasteiger partial charge in [0.25, 0.3) is 0 Å². The maximum Gasteiger partial charge on any atom is 0.304 e. The summed E-state index contributed by atoms with van der Waals surface area (Å²) >= 11 is 0. The number of ether oxygens (including phenoxy) is 1. The quantitative estimate of drug-likeness (QED) is 0.340. The summed E-state index contributed by atoms with van der Waals surface area (Å²) in [4.78, 5) is 29.4. The Balaban J connectivity index is 2.14. The van der Waals surface area contributed by atoms with Crippen molar-refractivity contribution in [3.63, 3.8) is 0 Å². The van der Waals surface area contributed by atoms with Crippen LogP contribution in [0.3, 0.4) is 0 Å². The summed E-state index contributed by atoms with van der Waals surface area (Å²) in [5.74, 6) is -1.34. The van der Waals surface area contributed by atoms with Gasteiger partial charge in [-0.2, -0.15) is 12.7 Å². The number of hydrogen-bond acceptors (Lipinski definition) is 5. The van der Waals surface area contributed by atoms with E-state index in [-0.39, 0.29) is 18.7 Å². The molecule has 2 amide bonds. The zero-order chi connectivity index (χ0) is 31.1. The van der Waals surface area contributed by atoms with Crippen molar-refractivity contribution in [2.24, 2.45) is 0 Å². The zero-order valence-electron chi connectivity index (χ0n) is 24.9. The third-order valence-corrected chi connectivity index (χ3v) is 8.20. The lowest BCUT2D eigenvalue weighted by Gasteiger charge is -2.35. The van der Waals surface area contributed by atoms with Crippen LogP contribution in [0.1, 0.15) is 31.9 Å². The van der Waals surface area contributed by atoms with Gasteiger partial charge in [-0.1, -0.05) is 54.6 Å². The van der Waals surface area contributed by atoms with Gasteiger partial charge in [0, 0.05) is 32.6 Å². The minimum Gasteiger partial charge on any atom is -0.497 e. The zero-order valence-corrected chi connectivity index (χ0v) is 25.7. The van der Waals surface area contributed by atoms with E-state index >= 15 is 0 Å². The minimum absolute atomic E-state index is 0.0295. The fraction of sp³-hybridized carbons (Fsp3) is 0.355. The van der Waals surface area contributed by atoms with Crippen LogP contribution in [0, 0.1) is 5.82 Å². The summed E-state index contributed by atoms with van der Waals surface area (Å²) in [5, 5.41) is 2.97. The van der Waals surface area contributed by atoms with Crippen LogP contribution in [0.25, 0.3) is 0 Å². The maximum absolute atomic E-state index is 14.9. The fourth-order valence-electron chi connectivity index (χ4n) is 4.33. The molecule has 0 aliphatic rings. The van der Waals surface area contributed by atoms with Crippen LogP contribution in [0.2, 0.25) is 0 Å². The first-order valence-corrected chi connectivity index (χ1v) is 14.9. The Morgan fingerprint density at radius 2 is 1.55 bits per heavy atom. The number of halogens is 1. The Labute approximate surface area is 248 Å². The molecule has 0 aromatic heterocycles. The molecule has 11 heteroatoms. The molecule has 42 heavy (non-hydrogen) atoms. The Kier molecular flexibility index (Phi) is 10.7. The van der Waals surface area contributed by atoms with E-state index in [9.17, 15) is 22.4 Å². The van der Waals surface area contributed by atoms with Gasteiger partial charge in [0.05, 0.1) is 12.8 Å². The van der Waals surface area contributed by atoms with E-state index in [0.29, 0.717) is 11.3 Å². The van der Waals surface area contributed by atoms with Crippen LogP contribution in [-0.4, -0.2) is 68.8 Å². The van der Waals surface area contributed by atoms with Crippen molar-refractivity contribution in [1.29, 1.82) is 0 Å². The molecule has 3 aromatic carbocycles. The van der Waals surface area contributed by atoms with Crippen molar-refractivity contribution in [3.05, 3.63) is 95.8 Å². The van der Waals surface area contributed by atoms with Crippen molar-refractivity contribution in [2.75, 3.05) is 32.1 Å². The number of anilines is 1. The van der Waals surface area contributed by atoms with Crippen molar-refractivity contribution in [3.8, 4) is 5.75 Å². The lowest BCUT2D eigenvalue weighted by atomic mass is 10.0. The molecular formula is C31H39FN4O5S. The molecule has 9 nitrogen and oxygen atoms in total. The Bertz CT molecular complexity index is 1480. The van der Waals surface area contributed by atoms with E-state index in [0.717, 1.165) is 20.2 Å². The van der Waals surface area contributed by atoms with Crippen LogP contribution in [0.4, 0.5) is 10.1 Å². The van der Waals surface area contributed by atoms with Crippen LogP contribution in [0.15, 0.2) is 78.9 Å². The number of amides is 2. The van der Waals surface area contributed by atoms with Crippen LogP contribution in [-0.2, 0) is 32.8 Å². The number of nitrogens with zero attached hydrogens (tertiary/aromatic N) is 3. The number of carbonyl (C=O) groups excluding carboxylic acids is 2. The van der Waals surface area contributed by atoms with Crippen molar-refractivity contribution in [2.45, 2.75) is 45.3 Å². The molecule has 0 saturated carbocycles. The average Bonchev–Trinajstić information content (AvgIpc) is 2.93. The predicted molar refractivity (Wildman–Crippen MR) is 162 cm³/mol. The molecule has 1 N–H and O–H groups in total. The average molecular weight is 599 g/mol. The normalized spacial score (nSPS) is 12.5. The van der Waals surface area contributed by atoms with E-state index < -0.39 is 46.0 Å². The van der Waals surface area contributed by atoms with Gasteiger partial charge >= 0.3 is 10.2 Å². The van der Waals surface area contributed by atoms with E-state index in [1.807, 2.05) is 51.1 Å². The minimum atomic E-state index is -4.30. The number of rotatable bonds is 12. The molecular weight excluding hydrogens is 559 g/mol. The van der Waals surface area contributed by atoms with Gasteiger partial charge in [-0.15, -0.1) is 0 Å². The van der Waals surface area contributed by atoms with E-state index in [2.05, 4.69) is 5.32 Å². The highest BCUT2D eigenvalue weighted by Crippen LogP contribution is 2.25. The van der Waals surface area contributed by atoms with Crippen molar-refractivity contribution in [1.82, 2.24) is 14.5 Å². The highest BCUT2D eigenvalue weighted by atomic mass is 32.2. The Hall–Kier alpha value is -3.96. The molecule has 0 saturated heterocycles. The summed E-state index contributed by atoms with van der Waals surface area (Å²) in [5.41, 5.74) is 0.586. The Morgan fingerprint density at radius 3 is 2.14 bits per heavy atom. The number of nitrogens with one attached hydrogen (secondary N) is 1. The number of para-hydroxylation sites is 1. The molecule has 0 radical (unpaired) electrons.